The summed E-state index contributed by atoms with van der Waals surface area (Å²) in [5.74, 6) is -1.37. The van der Waals surface area contributed by atoms with Crippen LogP contribution in [0.5, 0.6) is 0 Å². The zero-order valence-corrected chi connectivity index (χ0v) is 9.28. The van der Waals surface area contributed by atoms with Crippen LogP contribution in [0.15, 0.2) is 0 Å². The second kappa shape index (κ2) is 8.23. The number of hydrogen-bond acceptors (Lipinski definition) is 3. The van der Waals surface area contributed by atoms with Gasteiger partial charge in [-0.3, -0.25) is 4.79 Å². The maximum atomic E-state index is 11.2. The number of amides is 1. The highest BCUT2D eigenvalue weighted by molar-refractivity contribution is 5.84. The monoisotopic (exact) mass is 217 g/mol. The first-order valence-electron chi connectivity index (χ1n) is 5.21. The van der Waals surface area contributed by atoms with Crippen molar-refractivity contribution >= 4 is 11.9 Å². The molecule has 0 aliphatic rings. The number of unbranched alkanes of at least 4 members (excludes halogenated alkanes) is 1. The Hall–Kier alpha value is -1.10. The average molecular weight is 217 g/mol. The van der Waals surface area contributed by atoms with Gasteiger partial charge in [0.15, 0.2) is 0 Å². The molecule has 0 aliphatic heterocycles. The largest absolute Gasteiger partial charge is 0.480 e. The fourth-order valence-electron chi connectivity index (χ4n) is 1.10. The summed E-state index contributed by atoms with van der Waals surface area (Å²) in [4.78, 5) is 21.9. The smallest absolute Gasteiger partial charge is 0.326 e. The Morgan fingerprint density at radius 2 is 2.07 bits per heavy atom. The molecule has 1 amide bonds. The fraction of sp³-hybridized carbons (Fsp3) is 0.800. The SMILES string of the molecule is CCCC[C@@H](NC(=O)COCC)C(=O)O. The molecule has 0 saturated carbocycles. The lowest BCUT2D eigenvalue weighted by Crippen LogP contribution is -2.42. The van der Waals surface area contributed by atoms with Crippen molar-refractivity contribution in [3.05, 3.63) is 0 Å². The Kier molecular flexibility index (Phi) is 7.62. The quantitative estimate of drug-likeness (QED) is 0.630. The molecule has 0 bridgehead atoms. The van der Waals surface area contributed by atoms with Crippen molar-refractivity contribution in [1.82, 2.24) is 5.32 Å². The zero-order valence-electron chi connectivity index (χ0n) is 9.28. The van der Waals surface area contributed by atoms with Gasteiger partial charge in [0.25, 0.3) is 0 Å². The average Bonchev–Trinajstić information content (AvgIpc) is 2.20. The highest BCUT2D eigenvalue weighted by Gasteiger charge is 2.18. The first-order valence-corrected chi connectivity index (χ1v) is 5.21. The summed E-state index contributed by atoms with van der Waals surface area (Å²) in [7, 11) is 0. The third kappa shape index (κ3) is 6.90. The molecule has 0 aromatic carbocycles. The van der Waals surface area contributed by atoms with Crippen LogP contribution in [-0.4, -0.2) is 36.2 Å². The van der Waals surface area contributed by atoms with Crippen LogP contribution in [0.3, 0.4) is 0 Å². The molecule has 88 valence electrons. The number of carbonyl (C=O) groups excluding carboxylic acids is 1. The van der Waals surface area contributed by atoms with Gasteiger partial charge in [0.05, 0.1) is 0 Å². The first-order chi connectivity index (χ1) is 7.11. The minimum Gasteiger partial charge on any atom is -0.480 e. The van der Waals surface area contributed by atoms with E-state index in [0.717, 1.165) is 12.8 Å². The van der Waals surface area contributed by atoms with Crippen molar-refractivity contribution in [2.75, 3.05) is 13.2 Å². The Morgan fingerprint density at radius 3 is 2.53 bits per heavy atom. The van der Waals surface area contributed by atoms with E-state index in [-0.39, 0.29) is 12.5 Å². The van der Waals surface area contributed by atoms with Crippen molar-refractivity contribution in [2.24, 2.45) is 0 Å². The van der Waals surface area contributed by atoms with E-state index in [1.54, 1.807) is 6.92 Å². The predicted molar refractivity (Wildman–Crippen MR) is 55.6 cm³/mol. The van der Waals surface area contributed by atoms with E-state index in [2.05, 4.69) is 5.32 Å². The van der Waals surface area contributed by atoms with Gasteiger partial charge >= 0.3 is 5.97 Å². The zero-order chi connectivity index (χ0) is 11.7. The number of rotatable bonds is 8. The van der Waals surface area contributed by atoms with E-state index in [9.17, 15) is 9.59 Å². The summed E-state index contributed by atoms with van der Waals surface area (Å²) < 4.78 is 4.88. The lowest BCUT2D eigenvalue weighted by molar-refractivity contribution is -0.142. The number of ether oxygens (including phenoxy) is 1. The number of carboxylic acid groups (broad SMARTS) is 1. The molecule has 0 heterocycles. The lowest BCUT2D eigenvalue weighted by Gasteiger charge is -2.13. The van der Waals surface area contributed by atoms with Crippen molar-refractivity contribution < 1.29 is 19.4 Å². The predicted octanol–water partition coefficient (Wildman–Crippen LogP) is 0.782. The highest BCUT2D eigenvalue weighted by atomic mass is 16.5. The number of nitrogens with one attached hydrogen (secondary N) is 1. The molecule has 0 aliphatic carbocycles. The van der Waals surface area contributed by atoms with Crippen molar-refractivity contribution in [3.63, 3.8) is 0 Å². The molecule has 0 aromatic heterocycles. The molecule has 0 spiro atoms. The maximum absolute atomic E-state index is 11.2. The summed E-state index contributed by atoms with van der Waals surface area (Å²) in [5, 5.41) is 11.2. The van der Waals surface area contributed by atoms with Gasteiger partial charge in [0.1, 0.15) is 12.6 Å². The summed E-state index contributed by atoms with van der Waals surface area (Å²) in [5.41, 5.74) is 0. The van der Waals surface area contributed by atoms with Gasteiger partial charge < -0.3 is 15.2 Å². The Labute approximate surface area is 89.8 Å². The van der Waals surface area contributed by atoms with Crippen LogP contribution in [0.25, 0.3) is 0 Å². The number of hydrogen-bond donors (Lipinski definition) is 2. The molecule has 0 rings (SSSR count). The van der Waals surface area contributed by atoms with E-state index in [1.165, 1.54) is 0 Å². The van der Waals surface area contributed by atoms with Crippen LogP contribution in [0.4, 0.5) is 0 Å². The van der Waals surface area contributed by atoms with Crippen LogP contribution < -0.4 is 5.32 Å². The van der Waals surface area contributed by atoms with Gasteiger partial charge in [-0.1, -0.05) is 19.8 Å². The third-order valence-electron chi connectivity index (χ3n) is 1.92. The topological polar surface area (TPSA) is 75.6 Å². The Morgan fingerprint density at radius 1 is 1.40 bits per heavy atom. The van der Waals surface area contributed by atoms with Gasteiger partial charge in [0, 0.05) is 6.61 Å². The van der Waals surface area contributed by atoms with E-state index < -0.39 is 12.0 Å². The van der Waals surface area contributed by atoms with E-state index in [1.807, 2.05) is 6.92 Å². The maximum Gasteiger partial charge on any atom is 0.326 e. The molecule has 0 fully saturated rings. The van der Waals surface area contributed by atoms with E-state index >= 15 is 0 Å². The molecular weight excluding hydrogens is 198 g/mol. The molecular formula is C10H19NO4. The van der Waals surface area contributed by atoms with Crippen molar-refractivity contribution in [2.45, 2.75) is 39.2 Å². The molecule has 5 nitrogen and oxygen atoms in total. The summed E-state index contributed by atoms with van der Waals surface area (Å²) in [6.07, 6.45) is 2.15. The Balaban J connectivity index is 3.93. The second-order valence-electron chi connectivity index (χ2n) is 3.24. The van der Waals surface area contributed by atoms with Crippen molar-refractivity contribution in [1.29, 1.82) is 0 Å². The molecule has 0 unspecified atom stereocenters. The third-order valence-corrected chi connectivity index (χ3v) is 1.92. The van der Waals surface area contributed by atoms with E-state index in [4.69, 9.17) is 9.84 Å². The van der Waals surface area contributed by atoms with Gasteiger partial charge in [-0.05, 0) is 13.3 Å². The van der Waals surface area contributed by atoms with Gasteiger partial charge in [-0.25, -0.2) is 4.79 Å². The summed E-state index contributed by atoms with van der Waals surface area (Å²) in [6.45, 7) is 4.12. The fourth-order valence-corrected chi connectivity index (χ4v) is 1.10. The van der Waals surface area contributed by atoms with Crippen LogP contribution in [0.2, 0.25) is 0 Å². The highest BCUT2D eigenvalue weighted by Crippen LogP contribution is 2.00. The van der Waals surface area contributed by atoms with Crippen LogP contribution >= 0.6 is 0 Å². The number of carboxylic acids is 1. The molecule has 5 heteroatoms. The molecule has 15 heavy (non-hydrogen) atoms. The normalized spacial score (nSPS) is 12.1. The van der Waals surface area contributed by atoms with Gasteiger partial charge in [-0.2, -0.15) is 0 Å². The summed E-state index contributed by atoms with van der Waals surface area (Å²) in [6, 6.07) is -0.794. The number of carbonyl (C=O) groups is 2. The van der Waals surface area contributed by atoms with Crippen LogP contribution in [0.1, 0.15) is 33.1 Å². The minimum absolute atomic E-state index is 0.0770. The van der Waals surface area contributed by atoms with E-state index in [0.29, 0.717) is 13.0 Å². The summed E-state index contributed by atoms with van der Waals surface area (Å²) >= 11 is 0. The second-order valence-corrected chi connectivity index (χ2v) is 3.24. The molecule has 0 aromatic rings. The van der Waals surface area contributed by atoms with Gasteiger partial charge in [-0.15, -0.1) is 0 Å². The minimum atomic E-state index is -0.992. The number of aliphatic carboxylic acids is 1. The standard InChI is InChI=1S/C10H19NO4/c1-3-5-6-8(10(13)14)11-9(12)7-15-4-2/h8H,3-7H2,1-2H3,(H,11,12)(H,13,14)/t8-/m1/s1. The first kappa shape index (κ1) is 13.9. The lowest BCUT2D eigenvalue weighted by atomic mass is 10.1. The molecule has 0 saturated heterocycles. The molecule has 1 atom stereocenters. The molecule has 0 radical (unpaired) electrons. The van der Waals surface area contributed by atoms with Crippen LogP contribution in [0, 0.1) is 0 Å². The Bertz CT molecular complexity index is 206. The van der Waals surface area contributed by atoms with Crippen molar-refractivity contribution in [3.8, 4) is 0 Å². The molecule has 2 N–H and O–H groups in total. The van der Waals surface area contributed by atoms with Crippen LogP contribution in [-0.2, 0) is 14.3 Å². The van der Waals surface area contributed by atoms with Gasteiger partial charge in [0.2, 0.25) is 5.91 Å².